The summed E-state index contributed by atoms with van der Waals surface area (Å²) in [7, 11) is 1.64. The molecule has 5 heteroatoms. The summed E-state index contributed by atoms with van der Waals surface area (Å²) in [6.07, 6.45) is 0.790. The van der Waals surface area contributed by atoms with E-state index in [1.807, 2.05) is 24.3 Å². The zero-order valence-electron chi connectivity index (χ0n) is 13.0. The number of rotatable bonds is 8. The summed E-state index contributed by atoms with van der Waals surface area (Å²) in [4.78, 5) is 11.8. The van der Waals surface area contributed by atoms with Crippen LogP contribution in [0.15, 0.2) is 48.5 Å². The van der Waals surface area contributed by atoms with Gasteiger partial charge in [0.15, 0.2) is 0 Å². The van der Waals surface area contributed by atoms with Crippen molar-refractivity contribution in [2.24, 2.45) is 0 Å². The van der Waals surface area contributed by atoms with Gasteiger partial charge in [-0.3, -0.25) is 4.79 Å². The molecule has 0 aliphatic carbocycles. The van der Waals surface area contributed by atoms with E-state index in [0.717, 1.165) is 23.3 Å². The van der Waals surface area contributed by atoms with Crippen LogP contribution in [-0.2, 0) is 17.0 Å². The first-order valence-corrected chi connectivity index (χ1v) is 8.54. The Morgan fingerprint density at radius 2 is 1.74 bits per heavy atom. The number of hydrogen-bond acceptors (Lipinski definition) is 3. The first-order chi connectivity index (χ1) is 11.2. The summed E-state index contributed by atoms with van der Waals surface area (Å²) in [5, 5.41) is 2.90. The van der Waals surface area contributed by atoms with E-state index >= 15 is 0 Å². The predicted molar refractivity (Wildman–Crippen MR) is 92.3 cm³/mol. The SMILES string of the molecule is COc1ccc(CCNC(=O)CSCc2ccc(F)cc2)cc1. The van der Waals surface area contributed by atoms with E-state index in [0.29, 0.717) is 18.1 Å². The number of thioether (sulfide) groups is 1. The number of benzene rings is 2. The highest BCUT2D eigenvalue weighted by atomic mass is 32.2. The Morgan fingerprint density at radius 3 is 2.39 bits per heavy atom. The van der Waals surface area contributed by atoms with Crippen LogP contribution in [0.2, 0.25) is 0 Å². The Hall–Kier alpha value is -2.01. The first kappa shape index (κ1) is 17.3. The van der Waals surface area contributed by atoms with Crippen LogP contribution >= 0.6 is 11.8 Å². The zero-order valence-corrected chi connectivity index (χ0v) is 13.9. The summed E-state index contributed by atoms with van der Waals surface area (Å²) >= 11 is 1.52. The van der Waals surface area contributed by atoms with Crippen LogP contribution in [0.1, 0.15) is 11.1 Å². The molecule has 0 aromatic heterocycles. The van der Waals surface area contributed by atoms with Crippen LogP contribution in [0.3, 0.4) is 0 Å². The zero-order chi connectivity index (χ0) is 16.5. The Kier molecular flexibility index (Phi) is 6.94. The lowest BCUT2D eigenvalue weighted by Crippen LogP contribution is -2.27. The van der Waals surface area contributed by atoms with Gasteiger partial charge >= 0.3 is 0 Å². The van der Waals surface area contributed by atoms with Gasteiger partial charge in [-0.2, -0.15) is 0 Å². The molecule has 0 heterocycles. The smallest absolute Gasteiger partial charge is 0.230 e. The number of methoxy groups -OCH3 is 1. The fourth-order valence-corrected chi connectivity index (χ4v) is 2.85. The van der Waals surface area contributed by atoms with Crippen molar-refractivity contribution < 1.29 is 13.9 Å². The number of hydrogen-bond donors (Lipinski definition) is 1. The molecule has 0 saturated heterocycles. The van der Waals surface area contributed by atoms with Gasteiger partial charge in [-0.15, -0.1) is 11.8 Å². The van der Waals surface area contributed by atoms with E-state index in [2.05, 4.69) is 5.32 Å². The highest BCUT2D eigenvalue weighted by molar-refractivity contribution is 7.99. The van der Waals surface area contributed by atoms with Crippen LogP contribution in [-0.4, -0.2) is 25.3 Å². The molecule has 1 N–H and O–H groups in total. The predicted octanol–water partition coefficient (Wildman–Crippen LogP) is 3.43. The maximum absolute atomic E-state index is 12.8. The minimum atomic E-state index is -0.241. The fraction of sp³-hybridized carbons (Fsp3) is 0.278. The molecule has 0 bridgehead atoms. The van der Waals surface area contributed by atoms with Gasteiger partial charge in [0.05, 0.1) is 12.9 Å². The average molecular weight is 333 g/mol. The van der Waals surface area contributed by atoms with E-state index in [1.165, 1.54) is 23.9 Å². The Bertz CT molecular complexity index is 614. The van der Waals surface area contributed by atoms with E-state index in [1.54, 1.807) is 19.2 Å². The molecule has 0 spiro atoms. The molecule has 0 radical (unpaired) electrons. The first-order valence-electron chi connectivity index (χ1n) is 7.39. The van der Waals surface area contributed by atoms with Crippen molar-refractivity contribution in [3.8, 4) is 5.75 Å². The minimum Gasteiger partial charge on any atom is -0.497 e. The van der Waals surface area contributed by atoms with Gasteiger partial charge in [0, 0.05) is 12.3 Å². The highest BCUT2D eigenvalue weighted by Gasteiger charge is 2.02. The van der Waals surface area contributed by atoms with Crippen molar-refractivity contribution >= 4 is 17.7 Å². The molecule has 0 fully saturated rings. The lowest BCUT2D eigenvalue weighted by atomic mass is 10.1. The summed E-state index contributed by atoms with van der Waals surface area (Å²) in [6, 6.07) is 14.2. The van der Waals surface area contributed by atoms with E-state index < -0.39 is 0 Å². The van der Waals surface area contributed by atoms with Crippen molar-refractivity contribution in [3.05, 3.63) is 65.5 Å². The van der Waals surface area contributed by atoms with Crippen molar-refractivity contribution in [2.45, 2.75) is 12.2 Å². The molecule has 23 heavy (non-hydrogen) atoms. The maximum Gasteiger partial charge on any atom is 0.230 e. The second kappa shape index (κ2) is 9.20. The van der Waals surface area contributed by atoms with Gasteiger partial charge in [-0.05, 0) is 41.8 Å². The quantitative estimate of drug-likeness (QED) is 0.804. The van der Waals surface area contributed by atoms with Crippen LogP contribution in [0.25, 0.3) is 0 Å². The summed E-state index contributed by atoms with van der Waals surface area (Å²) in [5.41, 5.74) is 2.17. The van der Waals surface area contributed by atoms with Crippen LogP contribution in [0.5, 0.6) is 5.75 Å². The van der Waals surface area contributed by atoms with Crippen LogP contribution in [0, 0.1) is 5.82 Å². The second-order valence-corrected chi connectivity index (χ2v) is 6.05. The summed E-state index contributed by atoms with van der Waals surface area (Å²) < 4.78 is 17.9. The summed E-state index contributed by atoms with van der Waals surface area (Å²) in [6.45, 7) is 0.613. The molecule has 3 nitrogen and oxygen atoms in total. The number of halogens is 1. The third kappa shape index (κ3) is 6.32. The molecule has 0 saturated carbocycles. The van der Waals surface area contributed by atoms with Gasteiger partial charge in [-0.1, -0.05) is 24.3 Å². The minimum absolute atomic E-state index is 0.0191. The van der Waals surface area contributed by atoms with Gasteiger partial charge in [0.25, 0.3) is 0 Å². The molecule has 0 aliphatic rings. The molecular weight excluding hydrogens is 313 g/mol. The standard InChI is InChI=1S/C18H20FNO2S/c1-22-17-8-4-14(5-9-17)10-11-20-18(21)13-23-12-15-2-6-16(19)7-3-15/h2-9H,10-13H2,1H3,(H,20,21). The Morgan fingerprint density at radius 1 is 1.09 bits per heavy atom. The third-order valence-corrected chi connectivity index (χ3v) is 4.31. The van der Waals surface area contributed by atoms with Crippen molar-refractivity contribution in [3.63, 3.8) is 0 Å². The molecule has 1 amide bonds. The average Bonchev–Trinajstić information content (AvgIpc) is 2.57. The molecule has 0 unspecified atom stereocenters. The number of ether oxygens (including phenoxy) is 1. The number of amides is 1. The molecule has 2 rings (SSSR count). The lowest BCUT2D eigenvalue weighted by molar-refractivity contribution is -0.118. The summed E-state index contributed by atoms with van der Waals surface area (Å²) in [5.74, 6) is 1.71. The van der Waals surface area contributed by atoms with Crippen LogP contribution in [0.4, 0.5) is 4.39 Å². The molecule has 2 aromatic rings. The van der Waals surface area contributed by atoms with E-state index in [4.69, 9.17) is 4.74 Å². The van der Waals surface area contributed by atoms with E-state index in [-0.39, 0.29) is 11.7 Å². The van der Waals surface area contributed by atoms with Gasteiger partial charge in [0.2, 0.25) is 5.91 Å². The maximum atomic E-state index is 12.8. The van der Waals surface area contributed by atoms with Crippen LogP contribution < -0.4 is 10.1 Å². The lowest BCUT2D eigenvalue weighted by Gasteiger charge is -2.06. The molecule has 122 valence electrons. The Balaban J connectivity index is 1.62. The van der Waals surface area contributed by atoms with Gasteiger partial charge in [0.1, 0.15) is 11.6 Å². The Labute approximate surface area is 140 Å². The topological polar surface area (TPSA) is 38.3 Å². The largest absolute Gasteiger partial charge is 0.497 e. The highest BCUT2D eigenvalue weighted by Crippen LogP contribution is 2.13. The number of carbonyl (C=O) groups is 1. The molecule has 0 aliphatic heterocycles. The monoisotopic (exact) mass is 333 g/mol. The van der Waals surface area contributed by atoms with Gasteiger partial charge in [-0.25, -0.2) is 4.39 Å². The fourth-order valence-electron chi connectivity index (χ4n) is 2.03. The number of nitrogens with one attached hydrogen (secondary N) is 1. The normalized spacial score (nSPS) is 10.3. The van der Waals surface area contributed by atoms with Crippen molar-refractivity contribution in [2.75, 3.05) is 19.4 Å². The molecule has 0 atom stereocenters. The number of carbonyl (C=O) groups excluding carboxylic acids is 1. The molecular formula is C18H20FNO2S. The third-order valence-electron chi connectivity index (χ3n) is 3.31. The van der Waals surface area contributed by atoms with Crippen molar-refractivity contribution in [1.29, 1.82) is 0 Å². The second-order valence-electron chi connectivity index (χ2n) is 5.07. The van der Waals surface area contributed by atoms with Crippen molar-refractivity contribution in [1.82, 2.24) is 5.32 Å². The van der Waals surface area contributed by atoms with Gasteiger partial charge < -0.3 is 10.1 Å². The van der Waals surface area contributed by atoms with E-state index in [9.17, 15) is 9.18 Å². The molecule has 2 aromatic carbocycles.